The molecule has 0 saturated heterocycles. The lowest BCUT2D eigenvalue weighted by atomic mass is 9.98. The molecular formula is C20H15BrClNO4. The first kappa shape index (κ1) is 18.2. The van der Waals surface area contributed by atoms with Crippen LogP contribution in [0.15, 0.2) is 56.1 Å². The van der Waals surface area contributed by atoms with Crippen LogP contribution in [-0.2, 0) is 4.74 Å². The third kappa shape index (κ3) is 3.08. The van der Waals surface area contributed by atoms with Gasteiger partial charge < -0.3 is 14.1 Å². The maximum atomic E-state index is 13.3. The van der Waals surface area contributed by atoms with Gasteiger partial charge in [0, 0.05) is 23.1 Å². The van der Waals surface area contributed by atoms with Gasteiger partial charge in [0.2, 0.25) is 5.76 Å². The monoisotopic (exact) mass is 447 g/mol. The molecule has 1 aliphatic heterocycles. The zero-order valence-electron chi connectivity index (χ0n) is 14.4. The average Bonchev–Trinajstić information content (AvgIpc) is 2.94. The molecule has 5 nitrogen and oxygen atoms in total. The number of hydrogen-bond acceptors (Lipinski definition) is 4. The van der Waals surface area contributed by atoms with Gasteiger partial charge in [-0.25, -0.2) is 0 Å². The lowest BCUT2D eigenvalue weighted by Gasteiger charge is -2.24. The predicted octanol–water partition coefficient (Wildman–Crippen LogP) is 4.40. The second kappa shape index (κ2) is 7.11. The van der Waals surface area contributed by atoms with Crippen molar-refractivity contribution in [3.8, 4) is 0 Å². The summed E-state index contributed by atoms with van der Waals surface area (Å²) in [6.45, 7) is 0.698. The Kier molecular flexibility index (Phi) is 4.80. The number of hydrogen-bond donors (Lipinski definition) is 0. The second-order valence-corrected chi connectivity index (χ2v) is 7.61. The highest BCUT2D eigenvalue weighted by Crippen LogP contribution is 2.38. The lowest BCUT2D eigenvalue weighted by Crippen LogP contribution is -2.32. The predicted molar refractivity (Wildman–Crippen MR) is 106 cm³/mol. The van der Waals surface area contributed by atoms with E-state index in [1.54, 1.807) is 30.2 Å². The SMILES string of the molecule is COCCN1C(=O)c2oc3ccc(Cl)cc3c(=O)c2C1c1ccc(Br)cc1. The smallest absolute Gasteiger partial charge is 0.290 e. The molecule has 1 aliphatic rings. The van der Waals surface area contributed by atoms with E-state index in [-0.39, 0.29) is 17.1 Å². The number of amides is 1. The van der Waals surface area contributed by atoms with Crippen molar-refractivity contribution >= 4 is 44.4 Å². The number of methoxy groups -OCH3 is 1. The largest absolute Gasteiger partial charge is 0.450 e. The van der Waals surface area contributed by atoms with E-state index in [9.17, 15) is 9.59 Å². The van der Waals surface area contributed by atoms with Crippen LogP contribution in [0.5, 0.6) is 0 Å². The first-order valence-electron chi connectivity index (χ1n) is 8.33. The molecule has 1 atom stereocenters. The van der Waals surface area contributed by atoms with Gasteiger partial charge in [0.25, 0.3) is 5.91 Å². The maximum absolute atomic E-state index is 13.3. The van der Waals surface area contributed by atoms with E-state index in [0.717, 1.165) is 10.0 Å². The Morgan fingerprint density at radius 3 is 2.63 bits per heavy atom. The van der Waals surface area contributed by atoms with Gasteiger partial charge in [0.1, 0.15) is 5.58 Å². The number of rotatable bonds is 4. The van der Waals surface area contributed by atoms with Crippen molar-refractivity contribution < 1.29 is 13.9 Å². The summed E-state index contributed by atoms with van der Waals surface area (Å²) in [5.41, 5.74) is 1.28. The Morgan fingerprint density at radius 1 is 1.19 bits per heavy atom. The fourth-order valence-electron chi connectivity index (χ4n) is 3.40. The molecule has 0 radical (unpaired) electrons. The van der Waals surface area contributed by atoms with Crippen molar-refractivity contribution in [2.45, 2.75) is 6.04 Å². The van der Waals surface area contributed by atoms with Gasteiger partial charge in [-0.15, -0.1) is 0 Å². The molecule has 138 valence electrons. The molecule has 3 aromatic rings. The highest BCUT2D eigenvalue weighted by molar-refractivity contribution is 9.10. The van der Waals surface area contributed by atoms with Crippen molar-refractivity contribution in [1.82, 2.24) is 4.90 Å². The summed E-state index contributed by atoms with van der Waals surface area (Å²) in [5, 5.41) is 0.806. The molecule has 0 saturated carbocycles. The highest BCUT2D eigenvalue weighted by atomic mass is 79.9. The molecule has 27 heavy (non-hydrogen) atoms. The Labute approximate surface area is 168 Å². The van der Waals surface area contributed by atoms with Crippen LogP contribution in [-0.4, -0.2) is 31.1 Å². The molecule has 0 fully saturated rings. The van der Waals surface area contributed by atoms with Crippen LogP contribution >= 0.6 is 27.5 Å². The number of carbonyl (C=O) groups excluding carboxylic acids is 1. The summed E-state index contributed by atoms with van der Waals surface area (Å²) in [6, 6.07) is 11.8. The Bertz CT molecular complexity index is 1090. The van der Waals surface area contributed by atoms with Gasteiger partial charge in [-0.2, -0.15) is 0 Å². The third-order valence-corrected chi connectivity index (χ3v) is 5.41. The first-order valence-corrected chi connectivity index (χ1v) is 9.50. The number of carbonyl (C=O) groups is 1. The first-order chi connectivity index (χ1) is 13.0. The number of nitrogens with zero attached hydrogens (tertiary/aromatic N) is 1. The van der Waals surface area contributed by atoms with Crippen LogP contribution < -0.4 is 5.43 Å². The van der Waals surface area contributed by atoms with Crippen molar-refractivity contribution in [3.63, 3.8) is 0 Å². The van der Waals surface area contributed by atoms with Crippen molar-refractivity contribution in [2.75, 3.05) is 20.3 Å². The van der Waals surface area contributed by atoms with Crippen LogP contribution in [0.3, 0.4) is 0 Å². The molecule has 1 unspecified atom stereocenters. The molecule has 1 amide bonds. The van der Waals surface area contributed by atoms with E-state index in [0.29, 0.717) is 34.7 Å². The van der Waals surface area contributed by atoms with Crippen molar-refractivity contribution in [3.05, 3.63) is 79.1 Å². The number of halogens is 2. The zero-order chi connectivity index (χ0) is 19.1. The molecular weight excluding hydrogens is 434 g/mol. The fourth-order valence-corrected chi connectivity index (χ4v) is 3.84. The van der Waals surface area contributed by atoms with Gasteiger partial charge in [-0.05, 0) is 35.9 Å². The van der Waals surface area contributed by atoms with E-state index in [1.165, 1.54) is 0 Å². The van der Waals surface area contributed by atoms with Gasteiger partial charge in [-0.1, -0.05) is 39.7 Å². The molecule has 2 heterocycles. The molecule has 4 rings (SSSR count). The minimum Gasteiger partial charge on any atom is -0.450 e. The normalized spacial score (nSPS) is 16.2. The minimum absolute atomic E-state index is 0.0823. The third-order valence-electron chi connectivity index (χ3n) is 4.65. The number of fused-ring (bicyclic) bond motifs is 2. The molecule has 0 aliphatic carbocycles. The van der Waals surface area contributed by atoms with Crippen LogP contribution in [0, 0.1) is 0 Å². The molecule has 2 aromatic carbocycles. The Morgan fingerprint density at radius 2 is 1.93 bits per heavy atom. The van der Waals surface area contributed by atoms with Gasteiger partial charge >= 0.3 is 0 Å². The van der Waals surface area contributed by atoms with E-state index < -0.39 is 6.04 Å². The fraction of sp³-hybridized carbons (Fsp3) is 0.200. The van der Waals surface area contributed by atoms with Crippen molar-refractivity contribution in [2.24, 2.45) is 0 Å². The van der Waals surface area contributed by atoms with Crippen LogP contribution in [0.25, 0.3) is 11.0 Å². The van der Waals surface area contributed by atoms with Gasteiger partial charge in [0.15, 0.2) is 5.43 Å². The van der Waals surface area contributed by atoms with Gasteiger partial charge in [0.05, 0.1) is 23.6 Å². The topological polar surface area (TPSA) is 59.8 Å². The molecule has 0 spiro atoms. The van der Waals surface area contributed by atoms with E-state index >= 15 is 0 Å². The Hall–Kier alpha value is -2.15. The summed E-state index contributed by atoms with van der Waals surface area (Å²) < 4.78 is 11.9. The molecule has 0 bridgehead atoms. The lowest BCUT2D eigenvalue weighted by molar-refractivity contribution is 0.0663. The average molecular weight is 449 g/mol. The standard InChI is InChI=1S/C20H15BrClNO4/c1-26-9-8-23-17(11-2-4-12(21)5-3-11)16-18(24)14-10-13(22)6-7-15(14)27-19(16)20(23)25/h2-7,10,17H,8-9H2,1H3. The summed E-state index contributed by atoms with van der Waals surface area (Å²) in [7, 11) is 1.57. The van der Waals surface area contributed by atoms with E-state index in [1.807, 2.05) is 24.3 Å². The van der Waals surface area contributed by atoms with Gasteiger partial charge in [-0.3, -0.25) is 9.59 Å². The highest BCUT2D eigenvalue weighted by Gasteiger charge is 2.42. The van der Waals surface area contributed by atoms with Crippen molar-refractivity contribution in [1.29, 1.82) is 0 Å². The number of ether oxygens (including phenoxy) is 1. The van der Waals surface area contributed by atoms with Crippen LogP contribution in [0.4, 0.5) is 0 Å². The molecule has 1 aromatic heterocycles. The minimum atomic E-state index is -0.532. The maximum Gasteiger partial charge on any atom is 0.290 e. The molecule has 7 heteroatoms. The summed E-state index contributed by atoms with van der Waals surface area (Å²) in [5.74, 6) is -0.234. The summed E-state index contributed by atoms with van der Waals surface area (Å²) in [6.07, 6.45) is 0. The van der Waals surface area contributed by atoms with E-state index in [2.05, 4.69) is 15.9 Å². The summed E-state index contributed by atoms with van der Waals surface area (Å²) in [4.78, 5) is 27.9. The second-order valence-electron chi connectivity index (χ2n) is 6.26. The summed E-state index contributed by atoms with van der Waals surface area (Å²) >= 11 is 9.47. The van der Waals surface area contributed by atoms with E-state index in [4.69, 9.17) is 20.8 Å². The quantitative estimate of drug-likeness (QED) is 0.593. The van der Waals surface area contributed by atoms with Crippen LogP contribution in [0.1, 0.15) is 27.7 Å². The zero-order valence-corrected chi connectivity index (χ0v) is 16.7. The van der Waals surface area contributed by atoms with Crippen LogP contribution in [0.2, 0.25) is 5.02 Å². The molecule has 0 N–H and O–H groups in total. The number of benzene rings is 2. The Balaban J connectivity index is 1.97.